The van der Waals surface area contributed by atoms with Crippen LogP contribution in [0.1, 0.15) is 17.3 Å². The summed E-state index contributed by atoms with van der Waals surface area (Å²) in [5, 5.41) is 22.0. The van der Waals surface area contributed by atoms with E-state index in [1.165, 1.54) is 0 Å². The second-order valence-corrected chi connectivity index (χ2v) is 4.17. The lowest BCUT2D eigenvalue weighted by atomic mass is 10.2. The Hall–Kier alpha value is -1.73. The molecule has 1 atom stereocenters. The van der Waals surface area contributed by atoms with Gasteiger partial charge in [-0.05, 0) is 12.0 Å². The van der Waals surface area contributed by atoms with Crippen molar-refractivity contribution in [1.82, 2.24) is 10.3 Å². The normalized spacial score (nSPS) is 11.9. The molecule has 1 heterocycles. The highest BCUT2D eigenvalue weighted by Gasteiger charge is 2.21. The van der Waals surface area contributed by atoms with Crippen LogP contribution >= 0.6 is 11.6 Å². The molecule has 0 saturated heterocycles. The van der Waals surface area contributed by atoms with Crippen molar-refractivity contribution < 1.29 is 14.8 Å². The van der Waals surface area contributed by atoms with E-state index in [0.29, 0.717) is 0 Å². The number of rotatable bonds is 5. The average molecular weight is 274 g/mol. The molecule has 18 heavy (non-hydrogen) atoms. The van der Waals surface area contributed by atoms with Crippen LogP contribution < -0.4 is 5.32 Å². The molecule has 0 fully saturated rings. The van der Waals surface area contributed by atoms with Crippen LogP contribution in [0.5, 0.6) is 0 Å². The molecule has 0 saturated carbocycles. The van der Waals surface area contributed by atoms with Crippen molar-refractivity contribution in [3.63, 3.8) is 0 Å². The minimum atomic E-state index is -0.701. The molecular formula is C10H12ClN3O4. The third kappa shape index (κ3) is 3.64. The number of halogens is 1. The van der Waals surface area contributed by atoms with Crippen molar-refractivity contribution >= 4 is 23.2 Å². The Morgan fingerprint density at radius 1 is 1.72 bits per heavy atom. The molecule has 1 aromatic heterocycles. The molecule has 1 aromatic rings. The molecule has 1 rings (SSSR count). The van der Waals surface area contributed by atoms with Crippen LogP contribution in [0.2, 0.25) is 5.15 Å². The Morgan fingerprint density at radius 3 is 2.94 bits per heavy atom. The second kappa shape index (κ2) is 6.27. The summed E-state index contributed by atoms with van der Waals surface area (Å²) in [7, 11) is 0. The molecule has 8 heteroatoms. The monoisotopic (exact) mass is 273 g/mol. The van der Waals surface area contributed by atoms with Crippen molar-refractivity contribution in [1.29, 1.82) is 0 Å². The number of hydrogen-bond acceptors (Lipinski definition) is 5. The number of carbonyl (C=O) groups excluding carboxylic acids is 1. The quantitative estimate of drug-likeness (QED) is 0.473. The number of nitro groups is 1. The number of nitrogens with zero attached hydrogens (tertiary/aromatic N) is 2. The minimum absolute atomic E-state index is 0.000886. The van der Waals surface area contributed by atoms with E-state index in [4.69, 9.17) is 16.7 Å². The van der Waals surface area contributed by atoms with Gasteiger partial charge in [0.25, 0.3) is 11.6 Å². The second-order valence-electron chi connectivity index (χ2n) is 3.78. The molecule has 0 aliphatic rings. The van der Waals surface area contributed by atoms with Crippen LogP contribution in [0.25, 0.3) is 0 Å². The third-order valence-electron chi connectivity index (χ3n) is 2.21. The number of hydrogen-bond donors (Lipinski definition) is 2. The van der Waals surface area contributed by atoms with Crippen LogP contribution in [-0.4, -0.2) is 34.1 Å². The maximum Gasteiger partial charge on any atom is 0.300 e. The number of aromatic nitrogens is 1. The highest BCUT2D eigenvalue weighted by molar-refractivity contribution is 6.29. The number of nitrogens with one attached hydrogen (secondary N) is 1. The van der Waals surface area contributed by atoms with Crippen LogP contribution in [0.15, 0.2) is 12.3 Å². The SMILES string of the molecule is CC(CO)CNC(=O)c1cc(Cl)ncc1[N+](=O)[O-]. The summed E-state index contributed by atoms with van der Waals surface area (Å²) in [5.41, 5.74) is -0.557. The molecular weight excluding hydrogens is 262 g/mol. The van der Waals surface area contributed by atoms with Crippen LogP contribution in [0.3, 0.4) is 0 Å². The largest absolute Gasteiger partial charge is 0.396 e. The zero-order valence-electron chi connectivity index (χ0n) is 9.59. The highest BCUT2D eigenvalue weighted by atomic mass is 35.5. The fraction of sp³-hybridized carbons (Fsp3) is 0.400. The first-order chi connectivity index (χ1) is 8.45. The number of pyridine rings is 1. The summed E-state index contributed by atoms with van der Waals surface area (Å²) in [4.78, 5) is 25.4. The molecule has 7 nitrogen and oxygen atoms in total. The maximum absolute atomic E-state index is 11.8. The molecule has 98 valence electrons. The molecule has 0 bridgehead atoms. The van der Waals surface area contributed by atoms with Crippen LogP contribution in [0.4, 0.5) is 5.69 Å². The summed E-state index contributed by atoms with van der Waals surface area (Å²) in [6.45, 7) is 1.86. The lowest BCUT2D eigenvalue weighted by Crippen LogP contribution is -2.30. The van der Waals surface area contributed by atoms with Gasteiger partial charge in [0.15, 0.2) is 0 Å². The fourth-order valence-electron chi connectivity index (χ4n) is 1.18. The minimum Gasteiger partial charge on any atom is -0.396 e. The highest BCUT2D eigenvalue weighted by Crippen LogP contribution is 2.20. The van der Waals surface area contributed by atoms with E-state index in [-0.39, 0.29) is 29.8 Å². The first-order valence-electron chi connectivity index (χ1n) is 5.14. The van der Waals surface area contributed by atoms with Gasteiger partial charge in [-0.3, -0.25) is 14.9 Å². The van der Waals surface area contributed by atoms with Crippen molar-refractivity contribution in [2.24, 2.45) is 5.92 Å². The molecule has 1 unspecified atom stereocenters. The Labute approximate surface area is 108 Å². The summed E-state index contributed by atoms with van der Waals surface area (Å²) in [6, 6.07) is 1.14. The van der Waals surface area contributed by atoms with Gasteiger partial charge >= 0.3 is 0 Å². The lowest BCUT2D eigenvalue weighted by Gasteiger charge is -2.09. The number of amides is 1. The van der Waals surface area contributed by atoms with Crippen molar-refractivity contribution in [2.75, 3.05) is 13.2 Å². The Balaban J connectivity index is 2.90. The number of carbonyl (C=O) groups is 1. The zero-order chi connectivity index (χ0) is 13.7. The van der Waals surface area contributed by atoms with E-state index in [0.717, 1.165) is 12.3 Å². The summed E-state index contributed by atoms with van der Waals surface area (Å²) < 4.78 is 0. The molecule has 0 aliphatic carbocycles. The van der Waals surface area contributed by atoms with E-state index in [9.17, 15) is 14.9 Å². The standard InChI is InChI=1S/C10H12ClN3O4/c1-6(5-15)3-13-10(16)7-2-9(11)12-4-8(7)14(17)18/h2,4,6,15H,3,5H2,1H3,(H,13,16). The predicted molar refractivity (Wildman–Crippen MR) is 64.5 cm³/mol. The maximum atomic E-state index is 11.8. The van der Waals surface area contributed by atoms with Crippen molar-refractivity contribution in [3.8, 4) is 0 Å². The summed E-state index contributed by atoms with van der Waals surface area (Å²) >= 11 is 5.60. The lowest BCUT2D eigenvalue weighted by molar-refractivity contribution is -0.385. The van der Waals surface area contributed by atoms with E-state index < -0.39 is 16.5 Å². The van der Waals surface area contributed by atoms with Crippen LogP contribution in [-0.2, 0) is 0 Å². The van der Waals surface area contributed by atoms with Gasteiger partial charge in [-0.2, -0.15) is 0 Å². The van der Waals surface area contributed by atoms with E-state index in [1.807, 2.05) is 0 Å². The van der Waals surface area contributed by atoms with Gasteiger partial charge in [0.1, 0.15) is 16.9 Å². The van der Waals surface area contributed by atoms with E-state index in [1.54, 1.807) is 6.92 Å². The molecule has 0 radical (unpaired) electrons. The van der Waals surface area contributed by atoms with Crippen molar-refractivity contribution in [2.45, 2.75) is 6.92 Å². The van der Waals surface area contributed by atoms with Crippen molar-refractivity contribution in [3.05, 3.63) is 33.1 Å². The molecule has 0 aromatic carbocycles. The summed E-state index contributed by atoms with van der Waals surface area (Å²) in [6.07, 6.45) is 0.937. The topological polar surface area (TPSA) is 105 Å². The smallest absolute Gasteiger partial charge is 0.300 e. The Bertz CT molecular complexity index is 466. The Morgan fingerprint density at radius 2 is 2.39 bits per heavy atom. The fourth-order valence-corrected chi connectivity index (χ4v) is 1.33. The van der Waals surface area contributed by atoms with Gasteiger partial charge in [-0.25, -0.2) is 4.98 Å². The molecule has 1 amide bonds. The molecule has 0 spiro atoms. The van der Waals surface area contributed by atoms with Gasteiger partial charge in [0, 0.05) is 13.2 Å². The number of aliphatic hydroxyl groups excluding tert-OH is 1. The molecule has 0 aliphatic heterocycles. The molecule has 2 N–H and O–H groups in total. The zero-order valence-corrected chi connectivity index (χ0v) is 10.3. The van der Waals surface area contributed by atoms with E-state index in [2.05, 4.69) is 10.3 Å². The first kappa shape index (κ1) is 14.3. The Kier molecular flexibility index (Phi) is 4.99. The van der Waals surface area contributed by atoms with E-state index >= 15 is 0 Å². The van der Waals surface area contributed by atoms with Gasteiger partial charge < -0.3 is 10.4 Å². The van der Waals surface area contributed by atoms with Gasteiger partial charge in [-0.15, -0.1) is 0 Å². The van der Waals surface area contributed by atoms with Crippen LogP contribution in [0, 0.1) is 16.0 Å². The third-order valence-corrected chi connectivity index (χ3v) is 2.42. The number of aliphatic hydroxyl groups is 1. The predicted octanol–water partition coefficient (Wildman–Crippen LogP) is 1.00. The van der Waals surface area contributed by atoms with Gasteiger partial charge in [0.2, 0.25) is 0 Å². The first-order valence-corrected chi connectivity index (χ1v) is 5.52. The average Bonchev–Trinajstić information content (AvgIpc) is 2.34. The summed E-state index contributed by atoms with van der Waals surface area (Å²) in [5.74, 6) is -0.753. The van der Waals surface area contributed by atoms with Gasteiger partial charge in [0.05, 0.1) is 4.92 Å². The van der Waals surface area contributed by atoms with Gasteiger partial charge in [-0.1, -0.05) is 18.5 Å².